The van der Waals surface area contributed by atoms with E-state index in [1.165, 1.54) is 4.90 Å². The lowest BCUT2D eigenvalue weighted by Crippen LogP contribution is -2.59. The van der Waals surface area contributed by atoms with Crippen molar-refractivity contribution in [1.29, 1.82) is 0 Å². The number of nitrogens with one attached hydrogen (secondary N) is 6. The quantitative estimate of drug-likeness (QED) is 0.0421. The van der Waals surface area contributed by atoms with Gasteiger partial charge in [-0.05, 0) is 54.7 Å². The van der Waals surface area contributed by atoms with Crippen molar-refractivity contribution in [2.75, 3.05) is 31.5 Å². The van der Waals surface area contributed by atoms with Crippen molar-refractivity contribution in [1.82, 2.24) is 31.5 Å². The highest BCUT2D eigenvalue weighted by Crippen LogP contribution is 2.32. The molecule has 0 spiro atoms. The predicted molar refractivity (Wildman–Crippen MR) is 280 cm³/mol. The van der Waals surface area contributed by atoms with Gasteiger partial charge in [-0.3, -0.25) is 38.4 Å². The third-order valence-corrected chi connectivity index (χ3v) is 13.1. The fourth-order valence-corrected chi connectivity index (χ4v) is 8.92. The minimum absolute atomic E-state index is 0.125. The van der Waals surface area contributed by atoms with Gasteiger partial charge in [0.15, 0.2) is 11.6 Å². The van der Waals surface area contributed by atoms with E-state index in [9.17, 15) is 51.5 Å². The number of carboxylic acid groups (broad SMARTS) is 1. The molecule has 1 unspecified atom stereocenters. The Kier molecular flexibility index (Phi) is 22.0. The predicted octanol–water partition coefficient (Wildman–Crippen LogP) is 4.48. The zero-order valence-corrected chi connectivity index (χ0v) is 43.4. The normalized spacial score (nSPS) is 15.7. The molecule has 0 saturated carbocycles. The molecule has 77 heavy (non-hydrogen) atoms. The van der Waals surface area contributed by atoms with Crippen molar-refractivity contribution in [2.45, 2.75) is 109 Å². The first-order valence-electron chi connectivity index (χ1n) is 25.6. The number of nitrogens with two attached hydrogens (primary N) is 1. The summed E-state index contributed by atoms with van der Waals surface area (Å²) in [7, 11) is 0. The molecular formula is C56H67F3N8O10. The number of anilines is 1. The van der Waals surface area contributed by atoms with Crippen LogP contribution in [0.25, 0.3) is 0 Å². The van der Waals surface area contributed by atoms with Crippen LogP contribution in [-0.2, 0) is 46.4 Å². The molecule has 18 nitrogen and oxygen atoms in total. The summed E-state index contributed by atoms with van der Waals surface area (Å²) in [5.41, 5.74) is 9.67. The molecular weight excluding hydrogens is 1000 g/mol. The average Bonchev–Trinajstić information content (AvgIpc) is 3.92. The van der Waals surface area contributed by atoms with Gasteiger partial charge >= 0.3 is 12.1 Å². The first-order chi connectivity index (χ1) is 36.6. The van der Waals surface area contributed by atoms with Gasteiger partial charge in [0.05, 0.1) is 18.2 Å². The number of hydrogen-bond acceptors (Lipinski definition) is 11. The van der Waals surface area contributed by atoms with Crippen LogP contribution in [0.5, 0.6) is 0 Å². The standard InChI is InChI=1S/C54H66N8O8.C2HF3O2/c1-5-34(4)47(61-51(67)42(30-35-17-8-6-9-18-35)60-50(66)40(55)29-33(2)3)53(69)58-32-45(63)59-43(31-36-19-10-7-11-20-36)54(70)62-28-15-25-44(62)52(68)57-27-16-26-56-41-24-14-23-39-46(41)49(65)38-22-13-12-21-37(38)48(39)64;3-2(4,5)1(6)7/h6-14,17-24,33-34,40,42-44,47,56H,5,15-16,25-32,55H2,1-4H3,(H,57,68)(H,58,69)(H,59,63)(H,60,66)(H,61,67);(H,6,7)/t34?,40-,42-,43-,44-,47-;/m0./s1. The van der Waals surface area contributed by atoms with Crippen LogP contribution in [0.3, 0.4) is 0 Å². The van der Waals surface area contributed by atoms with Crippen molar-refractivity contribution in [3.63, 3.8) is 0 Å². The van der Waals surface area contributed by atoms with Gasteiger partial charge in [-0.2, -0.15) is 13.2 Å². The zero-order chi connectivity index (χ0) is 56.4. The molecule has 6 atom stereocenters. The maximum absolute atomic E-state index is 14.3. The van der Waals surface area contributed by atoms with Crippen molar-refractivity contribution in [2.24, 2.45) is 17.6 Å². The first kappa shape index (κ1) is 59.9. The van der Waals surface area contributed by atoms with Crippen LogP contribution in [-0.4, -0.2) is 126 Å². The number of carbonyl (C=O) groups is 9. The van der Waals surface area contributed by atoms with E-state index in [1.54, 1.807) is 49.4 Å². The van der Waals surface area contributed by atoms with Crippen molar-refractivity contribution in [3.8, 4) is 0 Å². The van der Waals surface area contributed by atoms with Crippen LogP contribution in [0.2, 0.25) is 0 Å². The highest BCUT2D eigenvalue weighted by molar-refractivity contribution is 6.30. The number of alkyl halides is 3. The average molecular weight is 1070 g/mol. The lowest BCUT2D eigenvalue weighted by Gasteiger charge is -2.29. The minimum atomic E-state index is -5.08. The number of hydrogen-bond donors (Lipinski definition) is 8. The molecule has 1 saturated heterocycles. The number of ketones is 2. The van der Waals surface area contributed by atoms with E-state index < -0.39 is 78.4 Å². The molecule has 1 aliphatic carbocycles. The Morgan fingerprint density at radius 3 is 1.86 bits per heavy atom. The molecule has 0 bridgehead atoms. The second-order valence-corrected chi connectivity index (χ2v) is 19.4. The lowest BCUT2D eigenvalue weighted by atomic mass is 9.83. The molecule has 21 heteroatoms. The number of carbonyl (C=O) groups excluding carboxylic acids is 8. The van der Waals surface area contributed by atoms with Crippen molar-refractivity contribution >= 4 is 58.7 Å². The number of benzene rings is 4. The van der Waals surface area contributed by atoms with E-state index in [-0.39, 0.29) is 48.7 Å². The topological polar surface area (TPSA) is 275 Å². The van der Waals surface area contributed by atoms with Crippen molar-refractivity contribution < 1.29 is 61.4 Å². The van der Waals surface area contributed by atoms with E-state index in [0.717, 1.165) is 11.1 Å². The van der Waals surface area contributed by atoms with Gasteiger partial charge in [-0.25, -0.2) is 4.79 Å². The Labute approximate surface area is 444 Å². The van der Waals surface area contributed by atoms with Gasteiger partial charge in [-0.1, -0.05) is 131 Å². The lowest BCUT2D eigenvalue weighted by molar-refractivity contribution is -0.192. The maximum atomic E-state index is 14.3. The number of aliphatic carboxylic acids is 1. The Morgan fingerprint density at radius 2 is 1.27 bits per heavy atom. The van der Waals surface area contributed by atoms with Crippen molar-refractivity contribution in [3.05, 3.63) is 137 Å². The Morgan fingerprint density at radius 1 is 0.701 bits per heavy atom. The molecule has 6 amide bonds. The summed E-state index contributed by atoms with van der Waals surface area (Å²) < 4.78 is 31.7. The largest absolute Gasteiger partial charge is 0.490 e. The summed E-state index contributed by atoms with van der Waals surface area (Å²) in [5, 5.41) is 24.4. The summed E-state index contributed by atoms with van der Waals surface area (Å²) in [6, 6.07) is 25.4. The summed E-state index contributed by atoms with van der Waals surface area (Å²) in [5.74, 6) is -6.51. The third kappa shape index (κ3) is 17.0. The molecule has 1 heterocycles. The van der Waals surface area contributed by atoms with E-state index in [0.29, 0.717) is 73.1 Å². The monoisotopic (exact) mass is 1070 g/mol. The van der Waals surface area contributed by atoms with Crippen LogP contribution in [0.1, 0.15) is 103 Å². The molecule has 9 N–H and O–H groups in total. The van der Waals surface area contributed by atoms with Gasteiger partial charge in [-0.15, -0.1) is 0 Å². The zero-order valence-electron chi connectivity index (χ0n) is 43.4. The van der Waals surface area contributed by atoms with Crippen LogP contribution >= 0.6 is 0 Å². The second kappa shape index (κ2) is 28.3. The number of amides is 6. The van der Waals surface area contributed by atoms with Gasteiger partial charge in [0.2, 0.25) is 35.4 Å². The van der Waals surface area contributed by atoms with E-state index >= 15 is 0 Å². The number of carboxylic acids is 1. The fourth-order valence-electron chi connectivity index (χ4n) is 8.92. The van der Waals surface area contributed by atoms with Gasteiger partial charge in [0.25, 0.3) is 0 Å². The number of nitrogens with zero attached hydrogens (tertiary/aromatic N) is 1. The van der Waals surface area contributed by atoms with E-state index in [2.05, 4.69) is 31.9 Å². The molecule has 1 fully saturated rings. The summed E-state index contributed by atoms with van der Waals surface area (Å²) in [6.45, 7) is 8.01. The number of halogens is 3. The van der Waals surface area contributed by atoms with E-state index in [1.807, 2.05) is 81.4 Å². The van der Waals surface area contributed by atoms with Gasteiger partial charge in [0.1, 0.15) is 24.2 Å². The molecule has 4 aromatic carbocycles. The molecule has 4 aromatic rings. The van der Waals surface area contributed by atoms with Crippen LogP contribution in [0.15, 0.2) is 103 Å². The first-order valence-corrected chi connectivity index (χ1v) is 25.6. The summed E-state index contributed by atoms with van der Waals surface area (Å²) in [6.07, 6.45) is -2.40. The van der Waals surface area contributed by atoms with Gasteiger partial charge in [0, 0.05) is 54.9 Å². The summed E-state index contributed by atoms with van der Waals surface area (Å²) >= 11 is 0. The van der Waals surface area contributed by atoms with Crippen LogP contribution in [0.4, 0.5) is 18.9 Å². The highest BCUT2D eigenvalue weighted by atomic mass is 19.4. The molecule has 0 radical (unpaired) electrons. The SMILES string of the molecule is CCC(C)[C@H](NC(=O)[C@H](Cc1ccccc1)NC(=O)[C@@H](N)CC(C)C)C(=O)NCC(=O)N[C@@H](Cc1ccccc1)C(=O)N1CCC[C@H]1C(=O)NCCCNc1cccc2c1C(=O)c1ccccc1C2=O.O=C(O)C(F)(F)F. The smallest absolute Gasteiger partial charge is 0.475 e. The minimum Gasteiger partial charge on any atom is -0.475 e. The Bertz CT molecular complexity index is 2740. The molecule has 2 aliphatic rings. The van der Waals surface area contributed by atoms with Crippen LogP contribution in [0, 0.1) is 11.8 Å². The molecule has 1 aliphatic heterocycles. The Balaban J connectivity index is 0.00000146. The van der Waals surface area contributed by atoms with Crippen LogP contribution < -0.4 is 37.6 Å². The van der Waals surface area contributed by atoms with E-state index in [4.69, 9.17) is 15.6 Å². The molecule has 0 aromatic heterocycles. The second-order valence-electron chi connectivity index (χ2n) is 19.4. The Hall–Kier alpha value is -7.94. The fraction of sp³-hybridized carbons (Fsp3) is 0.411. The number of likely N-dealkylation sites (tertiary alicyclic amines) is 1. The van der Waals surface area contributed by atoms with Gasteiger partial charge < -0.3 is 47.6 Å². The molecule has 6 rings (SSSR count). The maximum Gasteiger partial charge on any atom is 0.490 e. The highest BCUT2D eigenvalue weighted by Gasteiger charge is 2.40. The number of fused-ring (bicyclic) bond motifs is 2. The molecule has 412 valence electrons. The third-order valence-electron chi connectivity index (χ3n) is 13.1. The summed E-state index contributed by atoms with van der Waals surface area (Å²) in [4.78, 5) is 119. The number of rotatable bonds is 23.